The topological polar surface area (TPSA) is 12.0 Å². The lowest BCUT2D eigenvalue weighted by molar-refractivity contribution is 1.13. The molecular weight excluding hydrogens is 290 g/mol. The number of rotatable bonds is 0. The molecule has 0 bridgehead atoms. The zero-order valence-electron chi connectivity index (χ0n) is 16.8. The van der Waals surface area contributed by atoms with Crippen molar-refractivity contribution >= 4 is 16.8 Å². The van der Waals surface area contributed by atoms with Gasteiger partial charge in [-0.25, -0.2) is 0 Å². The van der Waals surface area contributed by atoms with Crippen LogP contribution >= 0.6 is 0 Å². The lowest BCUT2D eigenvalue weighted by Crippen LogP contribution is -2.07. The fourth-order valence-corrected chi connectivity index (χ4v) is 2.60. The van der Waals surface area contributed by atoms with Gasteiger partial charge in [0.1, 0.15) is 0 Å². The summed E-state index contributed by atoms with van der Waals surface area (Å²) in [6.07, 6.45) is 0. The number of hydrogen-bond donors (Lipinski definition) is 1. The minimum atomic E-state index is 0.887. The van der Waals surface area contributed by atoms with Gasteiger partial charge in [-0.3, -0.25) is 0 Å². The summed E-state index contributed by atoms with van der Waals surface area (Å²) < 4.78 is 0. The van der Waals surface area contributed by atoms with Crippen molar-refractivity contribution in [2.24, 2.45) is 0 Å². The van der Waals surface area contributed by atoms with Crippen molar-refractivity contribution in [3.8, 4) is 0 Å². The summed E-state index contributed by atoms with van der Waals surface area (Å²) in [5.41, 5.74) is 7.99. The van der Waals surface area contributed by atoms with Crippen LogP contribution in [0.2, 0.25) is 0 Å². The van der Waals surface area contributed by atoms with Crippen LogP contribution in [0.25, 0.3) is 11.1 Å². The van der Waals surface area contributed by atoms with Gasteiger partial charge in [0.25, 0.3) is 0 Å². The Morgan fingerprint density at radius 3 is 1.71 bits per heavy atom. The Morgan fingerprint density at radius 1 is 0.625 bits per heavy atom. The van der Waals surface area contributed by atoms with E-state index in [4.69, 9.17) is 0 Å². The summed E-state index contributed by atoms with van der Waals surface area (Å²) >= 11 is 0. The molecule has 0 aliphatic carbocycles. The number of nitrogens with one attached hydrogen (secondary N) is 1. The molecule has 0 fully saturated rings. The van der Waals surface area contributed by atoms with Gasteiger partial charge >= 0.3 is 0 Å². The second kappa shape index (κ2) is 12.4. The third kappa shape index (κ3) is 5.26. The molecule has 1 aliphatic rings. The number of benzene rings is 2. The van der Waals surface area contributed by atoms with Gasteiger partial charge in [0.2, 0.25) is 0 Å². The zero-order chi connectivity index (χ0) is 18.5. The fourth-order valence-electron chi connectivity index (χ4n) is 2.60. The van der Waals surface area contributed by atoms with Crippen LogP contribution in [0.4, 0.5) is 5.69 Å². The van der Waals surface area contributed by atoms with Gasteiger partial charge in [0.15, 0.2) is 0 Å². The second-order valence-electron chi connectivity index (χ2n) is 4.81. The van der Waals surface area contributed by atoms with Gasteiger partial charge in [-0.2, -0.15) is 0 Å². The third-order valence-electron chi connectivity index (χ3n) is 3.78. The number of allylic oxidation sites excluding steroid dienone is 2. The molecule has 0 unspecified atom stereocenters. The van der Waals surface area contributed by atoms with Gasteiger partial charge in [-0.1, -0.05) is 84.0 Å². The first-order valence-corrected chi connectivity index (χ1v) is 9.36. The van der Waals surface area contributed by atoms with Gasteiger partial charge in [0.05, 0.1) is 0 Å². The molecule has 132 valence electrons. The Labute approximate surface area is 149 Å². The SMILES string of the molecule is C/C1=C(\C)c2ccccc2NCc2ccccc21.CC.CC.CC. The zero-order valence-corrected chi connectivity index (χ0v) is 16.8. The van der Waals surface area contributed by atoms with Crippen molar-refractivity contribution in [3.05, 3.63) is 65.2 Å². The van der Waals surface area contributed by atoms with Crippen LogP contribution in [0, 0.1) is 0 Å². The van der Waals surface area contributed by atoms with E-state index in [0.29, 0.717) is 0 Å². The van der Waals surface area contributed by atoms with E-state index >= 15 is 0 Å². The molecule has 2 aromatic rings. The first kappa shape index (κ1) is 22.0. The molecule has 24 heavy (non-hydrogen) atoms. The summed E-state index contributed by atoms with van der Waals surface area (Å²) in [5.74, 6) is 0. The standard InChI is InChI=1S/C17H17N.3C2H6/c1-12-13(2)16-9-5-6-10-17(16)18-11-14-7-3-4-8-15(12)14;3*1-2/h3-10,18H,11H2,1-2H3;3*1-2H3/b13-12-;;;. The van der Waals surface area contributed by atoms with Crippen molar-refractivity contribution in [2.45, 2.75) is 61.9 Å². The first-order valence-electron chi connectivity index (χ1n) is 9.36. The predicted molar refractivity (Wildman–Crippen MR) is 112 cm³/mol. The molecule has 3 rings (SSSR count). The van der Waals surface area contributed by atoms with Crippen molar-refractivity contribution in [1.29, 1.82) is 0 Å². The largest absolute Gasteiger partial charge is 0.380 e. The molecule has 0 saturated carbocycles. The van der Waals surface area contributed by atoms with Crippen LogP contribution in [0.15, 0.2) is 48.5 Å². The van der Waals surface area contributed by atoms with E-state index < -0.39 is 0 Å². The van der Waals surface area contributed by atoms with Crippen molar-refractivity contribution < 1.29 is 0 Å². The second-order valence-corrected chi connectivity index (χ2v) is 4.81. The molecule has 0 saturated heterocycles. The van der Waals surface area contributed by atoms with E-state index in [0.717, 1.165) is 6.54 Å². The first-order chi connectivity index (χ1) is 11.8. The quantitative estimate of drug-likeness (QED) is 0.524. The van der Waals surface area contributed by atoms with Gasteiger partial charge in [-0.15, -0.1) is 0 Å². The van der Waals surface area contributed by atoms with Crippen molar-refractivity contribution in [3.63, 3.8) is 0 Å². The molecule has 1 heteroatoms. The third-order valence-corrected chi connectivity index (χ3v) is 3.78. The fraction of sp³-hybridized carbons (Fsp3) is 0.391. The molecule has 2 aromatic carbocycles. The molecule has 1 N–H and O–H groups in total. The van der Waals surface area contributed by atoms with Crippen molar-refractivity contribution in [1.82, 2.24) is 0 Å². The number of hydrogen-bond acceptors (Lipinski definition) is 1. The van der Waals surface area contributed by atoms with Crippen LogP contribution in [-0.4, -0.2) is 0 Å². The Balaban J connectivity index is 0.000000798. The average Bonchev–Trinajstić information content (AvgIpc) is 2.69. The molecule has 0 aromatic heterocycles. The molecule has 0 atom stereocenters. The lowest BCUT2D eigenvalue weighted by Gasteiger charge is -2.21. The normalized spacial score (nSPS) is 14.3. The summed E-state index contributed by atoms with van der Waals surface area (Å²) in [4.78, 5) is 0. The maximum atomic E-state index is 3.54. The maximum Gasteiger partial charge on any atom is 0.0419 e. The highest BCUT2D eigenvalue weighted by Crippen LogP contribution is 2.34. The minimum absolute atomic E-state index is 0.887. The Bertz CT molecular complexity index is 568. The van der Waals surface area contributed by atoms with E-state index in [1.807, 2.05) is 41.5 Å². The van der Waals surface area contributed by atoms with Gasteiger partial charge in [0, 0.05) is 17.8 Å². The monoisotopic (exact) mass is 325 g/mol. The summed E-state index contributed by atoms with van der Waals surface area (Å²) in [7, 11) is 0. The Kier molecular flexibility index (Phi) is 11.4. The highest BCUT2D eigenvalue weighted by atomic mass is 14.9. The van der Waals surface area contributed by atoms with Crippen LogP contribution < -0.4 is 5.32 Å². The minimum Gasteiger partial charge on any atom is -0.380 e. The smallest absolute Gasteiger partial charge is 0.0419 e. The summed E-state index contributed by atoms with van der Waals surface area (Å²) in [6.45, 7) is 17.3. The average molecular weight is 326 g/mol. The number of para-hydroxylation sites is 1. The summed E-state index contributed by atoms with van der Waals surface area (Å²) in [6, 6.07) is 17.2. The van der Waals surface area contributed by atoms with Crippen LogP contribution in [0.5, 0.6) is 0 Å². The molecule has 1 aliphatic heterocycles. The maximum absolute atomic E-state index is 3.54. The van der Waals surface area contributed by atoms with E-state index in [9.17, 15) is 0 Å². The number of fused-ring (bicyclic) bond motifs is 2. The summed E-state index contributed by atoms with van der Waals surface area (Å²) in [5, 5.41) is 3.54. The van der Waals surface area contributed by atoms with Gasteiger partial charge in [-0.05, 0) is 42.2 Å². The number of anilines is 1. The highest BCUT2D eigenvalue weighted by molar-refractivity contribution is 5.94. The molecule has 0 radical (unpaired) electrons. The van der Waals surface area contributed by atoms with Crippen molar-refractivity contribution in [2.75, 3.05) is 5.32 Å². The van der Waals surface area contributed by atoms with Crippen LogP contribution in [-0.2, 0) is 6.54 Å². The predicted octanol–water partition coefficient (Wildman–Crippen LogP) is 7.64. The Hall–Kier alpha value is -2.02. The molecular formula is C23H35N. The van der Waals surface area contributed by atoms with E-state index in [1.165, 1.54) is 33.5 Å². The Morgan fingerprint density at radius 2 is 1.08 bits per heavy atom. The molecule has 0 spiro atoms. The van der Waals surface area contributed by atoms with E-state index in [1.54, 1.807) is 0 Å². The van der Waals surface area contributed by atoms with Crippen LogP contribution in [0.3, 0.4) is 0 Å². The highest BCUT2D eigenvalue weighted by Gasteiger charge is 2.13. The molecule has 1 heterocycles. The lowest BCUT2D eigenvalue weighted by atomic mass is 9.91. The van der Waals surface area contributed by atoms with Crippen LogP contribution in [0.1, 0.15) is 72.1 Å². The van der Waals surface area contributed by atoms with Gasteiger partial charge < -0.3 is 5.32 Å². The molecule has 1 nitrogen and oxygen atoms in total. The van der Waals surface area contributed by atoms with E-state index in [-0.39, 0.29) is 0 Å². The molecule has 0 amide bonds. The van der Waals surface area contributed by atoms with E-state index in [2.05, 4.69) is 67.7 Å².